The molecule has 16 nitrogen and oxygen atoms in total. The highest BCUT2D eigenvalue weighted by Crippen LogP contribution is 2.26. The molecule has 0 saturated carbocycles. The number of tetrazole rings is 1. The van der Waals surface area contributed by atoms with Crippen LogP contribution in [0.5, 0.6) is 11.5 Å². The predicted octanol–water partition coefficient (Wildman–Crippen LogP) is -1.35. The van der Waals surface area contributed by atoms with Crippen LogP contribution in [0.2, 0.25) is 0 Å². The topological polar surface area (TPSA) is 220 Å². The highest BCUT2D eigenvalue weighted by atomic mass is 16.8. The van der Waals surface area contributed by atoms with Crippen LogP contribution < -0.4 is 20.5 Å². The molecule has 4 heterocycles. The van der Waals surface area contributed by atoms with Gasteiger partial charge < -0.3 is 34.7 Å². The number of aliphatic hydroxyl groups excluding tert-OH is 3. The van der Waals surface area contributed by atoms with Gasteiger partial charge in [0, 0.05) is 17.2 Å². The van der Waals surface area contributed by atoms with E-state index < -0.39 is 54.1 Å². The lowest BCUT2D eigenvalue weighted by Gasteiger charge is -2.37. The number of benzene rings is 1. The summed E-state index contributed by atoms with van der Waals surface area (Å²) < 4.78 is 12.1. The van der Waals surface area contributed by atoms with Crippen LogP contribution in [-0.2, 0) is 9.53 Å². The number of aliphatic carboxylic acids is 1. The third-order valence-corrected chi connectivity index (χ3v) is 5.69. The van der Waals surface area contributed by atoms with Crippen molar-refractivity contribution in [1.29, 1.82) is 0 Å². The standard InChI is InChI=1S/C23H20N6O10/c30-15-16(31)18(21(35)36)38-22(17(15)32)39-29-26-23(25-27-29)24-19(33)12-10-14(37-11-6-2-1-3-7-11)13-8-4-5-9-28(13)20(12)34/h1-10,15-18,22,30-32H,(H,35,36)(H,24,26,33)/t15-,16-,17+,18-,22-/m0/s1. The summed E-state index contributed by atoms with van der Waals surface area (Å²) in [6.45, 7) is 0. The van der Waals surface area contributed by atoms with Crippen molar-refractivity contribution < 1.29 is 44.3 Å². The molecule has 202 valence electrons. The normalized spacial score (nSPS) is 22.8. The summed E-state index contributed by atoms with van der Waals surface area (Å²) in [5.74, 6) is -2.25. The van der Waals surface area contributed by atoms with E-state index in [4.69, 9.17) is 19.4 Å². The molecule has 5 N–H and O–H groups in total. The molecule has 1 aromatic carbocycles. The molecule has 1 fully saturated rings. The number of pyridine rings is 2. The first-order valence-corrected chi connectivity index (χ1v) is 11.3. The van der Waals surface area contributed by atoms with Gasteiger partial charge in [0.25, 0.3) is 23.7 Å². The van der Waals surface area contributed by atoms with Crippen LogP contribution in [0.25, 0.3) is 5.52 Å². The number of anilines is 1. The van der Waals surface area contributed by atoms with Gasteiger partial charge in [-0.2, -0.15) is 0 Å². The van der Waals surface area contributed by atoms with Crippen molar-refractivity contribution in [3.63, 3.8) is 0 Å². The molecule has 5 rings (SSSR count). The van der Waals surface area contributed by atoms with Gasteiger partial charge in [-0.3, -0.25) is 19.3 Å². The molecular formula is C23H20N6O10. The predicted molar refractivity (Wildman–Crippen MR) is 127 cm³/mol. The van der Waals surface area contributed by atoms with Gasteiger partial charge in [-0.1, -0.05) is 34.5 Å². The van der Waals surface area contributed by atoms with Crippen LogP contribution >= 0.6 is 0 Å². The van der Waals surface area contributed by atoms with E-state index in [9.17, 15) is 29.7 Å². The molecule has 1 aliphatic heterocycles. The molecular weight excluding hydrogens is 520 g/mol. The van der Waals surface area contributed by atoms with E-state index in [1.54, 1.807) is 48.5 Å². The maximum absolute atomic E-state index is 13.0. The smallest absolute Gasteiger partial charge is 0.335 e. The third-order valence-electron chi connectivity index (χ3n) is 5.69. The number of carbonyl (C=O) groups excluding carboxylic acids is 1. The van der Waals surface area contributed by atoms with Crippen LogP contribution in [0.4, 0.5) is 5.95 Å². The maximum atomic E-state index is 13.0. The molecule has 39 heavy (non-hydrogen) atoms. The number of fused-ring (bicyclic) bond motifs is 1. The van der Waals surface area contributed by atoms with Crippen LogP contribution in [-0.4, -0.2) is 87.8 Å². The van der Waals surface area contributed by atoms with Gasteiger partial charge in [-0.25, -0.2) is 4.79 Å². The SMILES string of the molecule is O=C(Nc1nnn(O[C@@H]2O[C@H](C(=O)O)[C@@H](O)[C@H](O)[C@H]2O)n1)c1cc(Oc2ccccc2)c2ccccn2c1=O. The number of hydrogen-bond donors (Lipinski definition) is 5. The Bertz CT molecular complexity index is 1570. The summed E-state index contributed by atoms with van der Waals surface area (Å²) in [7, 11) is 0. The number of aliphatic hydroxyl groups is 3. The molecule has 1 amide bonds. The Hall–Kier alpha value is -4.90. The van der Waals surface area contributed by atoms with Gasteiger partial charge in [-0.15, -0.1) is 0 Å². The molecule has 0 unspecified atom stereocenters. The van der Waals surface area contributed by atoms with Crippen molar-refractivity contribution in [3.8, 4) is 11.5 Å². The Balaban J connectivity index is 1.36. The largest absolute Gasteiger partial charge is 0.479 e. The Kier molecular flexibility index (Phi) is 6.90. The van der Waals surface area contributed by atoms with Gasteiger partial charge in [-0.05, 0) is 29.5 Å². The van der Waals surface area contributed by atoms with Crippen molar-refractivity contribution in [2.24, 2.45) is 0 Å². The number of carboxylic acids is 1. The van der Waals surface area contributed by atoms with Gasteiger partial charge in [0.1, 0.15) is 29.6 Å². The van der Waals surface area contributed by atoms with E-state index in [0.717, 1.165) is 0 Å². The molecule has 0 aliphatic carbocycles. The molecule has 4 aromatic rings. The molecule has 1 saturated heterocycles. The van der Waals surface area contributed by atoms with Gasteiger partial charge >= 0.3 is 5.97 Å². The van der Waals surface area contributed by atoms with Crippen LogP contribution in [0.1, 0.15) is 10.4 Å². The second-order valence-corrected chi connectivity index (χ2v) is 8.26. The zero-order valence-corrected chi connectivity index (χ0v) is 19.6. The van der Waals surface area contributed by atoms with Crippen molar-refractivity contribution in [2.75, 3.05) is 5.32 Å². The lowest BCUT2D eigenvalue weighted by Crippen LogP contribution is -2.62. The third kappa shape index (κ3) is 5.12. The number of carboxylic acid groups (broad SMARTS) is 1. The Morgan fingerprint density at radius 1 is 1.00 bits per heavy atom. The molecule has 1 aliphatic rings. The maximum Gasteiger partial charge on any atom is 0.335 e. The number of amides is 1. The highest BCUT2D eigenvalue weighted by molar-refractivity contribution is 6.03. The van der Waals surface area contributed by atoms with E-state index in [-0.39, 0.29) is 11.3 Å². The Labute approximate surface area is 217 Å². The highest BCUT2D eigenvalue weighted by Gasteiger charge is 2.48. The molecule has 3 aromatic heterocycles. The summed E-state index contributed by atoms with van der Waals surface area (Å²) in [4.78, 5) is 42.8. The number of para-hydroxylation sites is 1. The lowest BCUT2D eigenvalue weighted by molar-refractivity contribution is -0.300. The first-order valence-electron chi connectivity index (χ1n) is 11.3. The summed E-state index contributed by atoms with van der Waals surface area (Å²) in [6.07, 6.45) is -7.97. The zero-order valence-electron chi connectivity index (χ0n) is 19.6. The first kappa shape index (κ1) is 25.7. The molecule has 0 radical (unpaired) electrons. The summed E-state index contributed by atoms with van der Waals surface area (Å²) in [5.41, 5.74) is -0.550. The van der Waals surface area contributed by atoms with E-state index in [0.29, 0.717) is 16.2 Å². The van der Waals surface area contributed by atoms with Crippen molar-refractivity contribution >= 4 is 23.3 Å². The number of ether oxygens (including phenoxy) is 2. The summed E-state index contributed by atoms with van der Waals surface area (Å²) in [5, 5.41) is 51.9. The Morgan fingerprint density at radius 3 is 2.49 bits per heavy atom. The number of nitrogens with zero attached hydrogens (tertiary/aromatic N) is 5. The lowest BCUT2D eigenvalue weighted by atomic mass is 9.99. The average molecular weight is 540 g/mol. The van der Waals surface area contributed by atoms with Gasteiger partial charge in [0.2, 0.25) is 0 Å². The quantitative estimate of drug-likeness (QED) is 0.183. The van der Waals surface area contributed by atoms with Crippen molar-refractivity contribution in [3.05, 3.63) is 76.7 Å². The van der Waals surface area contributed by atoms with E-state index in [2.05, 4.69) is 20.7 Å². The number of rotatable bonds is 7. The second-order valence-electron chi connectivity index (χ2n) is 8.26. The minimum absolute atomic E-state index is 0.226. The van der Waals surface area contributed by atoms with Crippen LogP contribution in [0, 0.1) is 0 Å². The molecule has 0 bridgehead atoms. The second kappa shape index (κ2) is 10.5. The van der Waals surface area contributed by atoms with E-state index in [1.165, 1.54) is 16.7 Å². The fourth-order valence-electron chi connectivity index (χ4n) is 3.77. The molecule has 16 heteroatoms. The van der Waals surface area contributed by atoms with E-state index >= 15 is 0 Å². The summed E-state index contributed by atoms with van der Waals surface area (Å²) >= 11 is 0. The molecule has 5 atom stereocenters. The fourth-order valence-corrected chi connectivity index (χ4v) is 3.77. The monoisotopic (exact) mass is 540 g/mol. The minimum atomic E-state index is -1.92. The average Bonchev–Trinajstić information content (AvgIpc) is 3.37. The van der Waals surface area contributed by atoms with Gasteiger partial charge in [0.05, 0.1) is 5.52 Å². The fraction of sp³-hybridized carbons (Fsp3) is 0.217. The van der Waals surface area contributed by atoms with Crippen molar-refractivity contribution in [2.45, 2.75) is 30.7 Å². The van der Waals surface area contributed by atoms with Gasteiger partial charge in [0.15, 0.2) is 11.9 Å². The van der Waals surface area contributed by atoms with Crippen molar-refractivity contribution in [1.82, 2.24) is 24.8 Å². The van der Waals surface area contributed by atoms with Crippen LogP contribution in [0.3, 0.4) is 0 Å². The molecule has 0 spiro atoms. The van der Waals surface area contributed by atoms with E-state index in [1.807, 2.05) is 0 Å². The summed E-state index contributed by atoms with van der Waals surface area (Å²) in [6, 6.07) is 15.0. The number of carbonyl (C=O) groups is 2. The first-order chi connectivity index (χ1) is 18.7. The number of nitrogens with one attached hydrogen (secondary N) is 1. The number of hydrogen-bond acceptors (Lipinski definition) is 12. The number of aromatic nitrogens is 5. The van der Waals surface area contributed by atoms with Crippen LogP contribution in [0.15, 0.2) is 65.6 Å². The minimum Gasteiger partial charge on any atom is -0.479 e. The zero-order chi connectivity index (χ0) is 27.7. The Morgan fingerprint density at radius 2 is 1.74 bits per heavy atom.